The van der Waals surface area contributed by atoms with E-state index >= 15 is 0 Å². The molecule has 3 heteroatoms. The SMILES string of the molecule is CCn1cc(C(CC(=O)NCCc2ccccc2)c2ccc(C)cc2)c2ccccc21. The molecule has 0 aliphatic carbocycles. The van der Waals surface area contributed by atoms with Gasteiger partial charge in [-0.2, -0.15) is 0 Å². The van der Waals surface area contributed by atoms with Gasteiger partial charge in [-0.1, -0.05) is 78.4 Å². The highest BCUT2D eigenvalue weighted by atomic mass is 16.1. The van der Waals surface area contributed by atoms with Crippen LogP contribution in [-0.2, 0) is 17.8 Å². The fraction of sp³-hybridized carbons (Fsp3) is 0.250. The molecule has 4 aromatic rings. The van der Waals surface area contributed by atoms with Crippen molar-refractivity contribution in [1.29, 1.82) is 0 Å². The molecule has 0 saturated carbocycles. The zero-order chi connectivity index (χ0) is 21.6. The van der Waals surface area contributed by atoms with E-state index in [1.165, 1.54) is 33.2 Å². The first-order valence-corrected chi connectivity index (χ1v) is 11.1. The van der Waals surface area contributed by atoms with E-state index in [1.807, 2.05) is 18.2 Å². The van der Waals surface area contributed by atoms with Crippen LogP contribution in [0.25, 0.3) is 10.9 Å². The Morgan fingerprint density at radius 3 is 2.39 bits per heavy atom. The van der Waals surface area contributed by atoms with E-state index in [9.17, 15) is 4.79 Å². The zero-order valence-electron chi connectivity index (χ0n) is 18.3. The fourth-order valence-electron chi connectivity index (χ4n) is 4.27. The number of hydrogen-bond acceptors (Lipinski definition) is 1. The van der Waals surface area contributed by atoms with Crippen molar-refractivity contribution >= 4 is 16.8 Å². The van der Waals surface area contributed by atoms with Gasteiger partial charge in [-0.15, -0.1) is 0 Å². The van der Waals surface area contributed by atoms with Crippen LogP contribution in [-0.4, -0.2) is 17.0 Å². The van der Waals surface area contributed by atoms with Gasteiger partial charge in [-0.25, -0.2) is 0 Å². The van der Waals surface area contributed by atoms with Crippen molar-refractivity contribution in [2.45, 2.75) is 39.2 Å². The van der Waals surface area contributed by atoms with Crippen molar-refractivity contribution in [1.82, 2.24) is 9.88 Å². The van der Waals surface area contributed by atoms with Gasteiger partial charge in [0, 0.05) is 42.5 Å². The molecule has 1 amide bonds. The van der Waals surface area contributed by atoms with Gasteiger partial charge >= 0.3 is 0 Å². The second-order valence-corrected chi connectivity index (χ2v) is 8.14. The highest BCUT2D eigenvalue weighted by Crippen LogP contribution is 2.35. The highest BCUT2D eigenvalue weighted by Gasteiger charge is 2.22. The van der Waals surface area contributed by atoms with Crippen molar-refractivity contribution in [3.05, 3.63) is 107 Å². The number of nitrogens with one attached hydrogen (secondary N) is 1. The average molecular weight is 411 g/mol. The molecule has 1 N–H and O–H groups in total. The number of carbonyl (C=O) groups excluding carboxylic acids is 1. The lowest BCUT2D eigenvalue weighted by Crippen LogP contribution is -2.27. The lowest BCUT2D eigenvalue weighted by Gasteiger charge is -2.18. The molecule has 0 aliphatic rings. The van der Waals surface area contributed by atoms with E-state index in [0.29, 0.717) is 13.0 Å². The largest absolute Gasteiger partial charge is 0.356 e. The predicted molar refractivity (Wildman–Crippen MR) is 128 cm³/mol. The van der Waals surface area contributed by atoms with E-state index in [1.54, 1.807) is 0 Å². The van der Waals surface area contributed by atoms with Crippen molar-refractivity contribution in [2.75, 3.05) is 6.54 Å². The van der Waals surface area contributed by atoms with Gasteiger partial charge in [0.1, 0.15) is 0 Å². The predicted octanol–water partition coefficient (Wildman–Crippen LogP) is 5.85. The Morgan fingerprint density at radius 2 is 1.65 bits per heavy atom. The highest BCUT2D eigenvalue weighted by molar-refractivity contribution is 5.86. The summed E-state index contributed by atoms with van der Waals surface area (Å²) in [7, 11) is 0. The number of carbonyl (C=O) groups is 1. The Bertz CT molecular complexity index is 1140. The number of hydrogen-bond donors (Lipinski definition) is 1. The minimum absolute atomic E-state index is 0.0232. The van der Waals surface area contributed by atoms with Gasteiger partial charge in [0.2, 0.25) is 5.91 Å². The Morgan fingerprint density at radius 1 is 0.935 bits per heavy atom. The Balaban J connectivity index is 1.58. The molecule has 0 aliphatic heterocycles. The summed E-state index contributed by atoms with van der Waals surface area (Å²) in [5.41, 5.74) is 6.10. The molecule has 1 unspecified atom stereocenters. The van der Waals surface area contributed by atoms with Crippen LogP contribution in [0.3, 0.4) is 0 Å². The lowest BCUT2D eigenvalue weighted by molar-refractivity contribution is -0.121. The molecule has 0 radical (unpaired) electrons. The number of para-hydroxylation sites is 1. The molecule has 158 valence electrons. The van der Waals surface area contributed by atoms with Crippen LogP contribution in [0.4, 0.5) is 0 Å². The van der Waals surface area contributed by atoms with Gasteiger partial charge in [0.15, 0.2) is 0 Å². The maximum atomic E-state index is 13.0. The van der Waals surface area contributed by atoms with E-state index in [-0.39, 0.29) is 11.8 Å². The summed E-state index contributed by atoms with van der Waals surface area (Å²) in [6, 6.07) is 27.4. The van der Waals surface area contributed by atoms with E-state index < -0.39 is 0 Å². The van der Waals surface area contributed by atoms with Crippen LogP contribution in [0, 0.1) is 6.92 Å². The Labute approximate surface area is 184 Å². The quantitative estimate of drug-likeness (QED) is 0.388. The topological polar surface area (TPSA) is 34.0 Å². The third-order valence-electron chi connectivity index (χ3n) is 5.98. The second kappa shape index (κ2) is 9.65. The van der Waals surface area contributed by atoms with Crippen LogP contribution in [0.2, 0.25) is 0 Å². The molecular weight excluding hydrogens is 380 g/mol. The maximum absolute atomic E-state index is 13.0. The van der Waals surface area contributed by atoms with Gasteiger partial charge in [-0.3, -0.25) is 4.79 Å². The molecule has 3 nitrogen and oxygen atoms in total. The summed E-state index contributed by atoms with van der Waals surface area (Å²) >= 11 is 0. The van der Waals surface area contributed by atoms with Gasteiger partial charge in [-0.05, 0) is 43.0 Å². The Hall–Kier alpha value is -3.33. The van der Waals surface area contributed by atoms with Crippen molar-refractivity contribution in [3.8, 4) is 0 Å². The maximum Gasteiger partial charge on any atom is 0.220 e. The number of aryl methyl sites for hydroxylation is 2. The summed E-state index contributed by atoms with van der Waals surface area (Å²) in [6.45, 7) is 5.82. The van der Waals surface area contributed by atoms with Crippen LogP contribution in [0.1, 0.15) is 41.5 Å². The molecule has 0 saturated heterocycles. The first kappa shape index (κ1) is 20.9. The minimum Gasteiger partial charge on any atom is -0.356 e. The summed E-state index contributed by atoms with van der Waals surface area (Å²) in [6.07, 6.45) is 3.51. The summed E-state index contributed by atoms with van der Waals surface area (Å²) < 4.78 is 2.28. The van der Waals surface area contributed by atoms with E-state index in [4.69, 9.17) is 0 Å². The standard InChI is InChI=1S/C28H30N2O/c1-3-30-20-26(24-11-7-8-12-27(24)30)25(23-15-13-21(2)14-16-23)19-28(31)29-18-17-22-9-5-4-6-10-22/h4-16,20,25H,3,17-19H2,1-2H3,(H,29,31). The molecule has 1 aromatic heterocycles. The van der Waals surface area contributed by atoms with Crippen LogP contribution < -0.4 is 5.32 Å². The number of amides is 1. The number of benzene rings is 3. The molecule has 3 aromatic carbocycles. The zero-order valence-corrected chi connectivity index (χ0v) is 18.3. The first-order valence-electron chi connectivity index (χ1n) is 11.1. The summed E-state index contributed by atoms with van der Waals surface area (Å²) in [5, 5.41) is 4.36. The third-order valence-corrected chi connectivity index (χ3v) is 5.98. The second-order valence-electron chi connectivity index (χ2n) is 8.14. The van der Waals surface area contributed by atoms with E-state index in [0.717, 1.165) is 13.0 Å². The number of nitrogens with zero attached hydrogens (tertiary/aromatic N) is 1. The number of aromatic nitrogens is 1. The minimum atomic E-state index is 0.0232. The number of fused-ring (bicyclic) bond motifs is 1. The van der Waals surface area contributed by atoms with Gasteiger partial charge in [0.25, 0.3) is 0 Å². The molecular formula is C28H30N2O. The molecule has 0 bridgehead atoms. The molecule has 0 spiro atoms. The van der Waals surface area contributed by atoms with Gasteiger partial charge < -0.3 is 9.88 Å². The summed E-state index contributed by atoms with van der Waals surface area (Å²) in [5.74, 6) is 0.116. The number of rotatable bonds is 8. The van der Waals surface area contributed by atoms with Crippen molar-refractivity contribution in [3.63, 3.8) is 0 Å². The fourth-order valence-corrected chi connectivity index (χ4v) is 4.27. The van der Waals surface area contributed by atoms with E-state index in [2.05, 4.69) is 90.6 Å². The van der Waals surface area contributed by atoms with Crippen LogP contribution in [0.5, 0.6) is 0 Å². The summed E-state index contributed by atoms with van der Waals surface area (Å²) in [4.78, 5) is 13.0. The third kappa shape index (κ3) is 4.88. The monoisotopic (exact) mass is 410 g/mol. The van der Waals surface area contributed by atoms with Crippen LogP contribution in [0.15, 0.2) is 85.1 Å². The molecule has 1 atom stereocenters. The molecule has 31 heavy (non-hydrogen) atoms. The Kier molecular flexibility index (Phi) is 6.51. The molecule has 1 heterocycles. The first-order chi connectivity index (χ1) is 15.2. The lowest BCUT2D eigenvalue weighted by atomic mass is 9.87. The normalized spacial score (nSPS) is 12.1. The molecule has 0 fully saturated rings. The smallest absolute Gasteiger partial charge is 0.220 e. The molecule has 4 rings (SSSR count). The van der Waals surface area contributed by atoms with Crippen LogP contribution >= 0.6 is 0 Å². The van der Waals surface area contributed by atoms with Crippen molar-refractivity contribution in [2.24, 2.45) is 0 Å². The average Bonchev–Trinajstić information content (AvgIpc) is 3.17. The van der Waals surface area contributed by atoms with Crippen molar-refractivity contribution < 1.29 is 4.79 Å². The van der Waals surface area contributed by atoms with Gasteiger partial charge in [0.05, 0.1) is 0 Å².